The smallest absolute Gasteiger partial charge is 0.316 e. The monoisotopic (exact) mass is 401 g/mol. The van der Waals surface area contributed by atoms with Crippen LogP contribution in [0.25, 0.3) is 0 Å². The van der Waals surface area contributed by atoms with E-state index in [0.29, 0.717) is 11.3 Å². The van der Waals surface area contributed by atoms with Gasteiger partial charge in [-0.3, -0.25) is 14.4 Å². The molecule has 0 aromatic heterocycles. The molecule has 0 radical (unpaired) electrons. The van der Waals surface area contributed by atoms with Crippen LogP contribution in [0.4, 0.5) is 5.69 Å². The van der Waals surface area contributed by atoms with Crippen molar-refractivity contribution < 1.29 is 23.9 Å². The lowest BCUT2D eigenvalue weighted by atomic mass is 10.1. The van der Waals surface area contributed by atoms with E-state index < -0.39 is 5.97 Å². The van der Waals surface area contributed by atoms with E-state index in [9.17, 15) is 14.4 Å². The van der Waals surface area contributed by atoms with Crippen LogP contribution >= 0.6 is 11.8 Å². The van der Waals surface area contributed by atoms with Crippen molar-refractivity contribution in [2.24, 2.45) is 0 Å². The summed E-state index contributed by atoms with van der Waals surface area (Å²) in [5.41, 5.74) is 3.30. The number of rotatable bonds is 9. The van der Waals surface area contributed by atoms with E-state index in [2.05, 4.69) is 5.32 Å². The van der Waals surface area contributed by atoms with Gasteiger partial charge < -0.3 is 14.8 Å². The molecule has 0 atom stereocenters. The summed E-state index contributed by atoms with van der Waals surface area (Å²) in [6.45, 7) is 3.58. The zero-order valence-electron chi connectivity index (χ0n) is 16.1. The third kappa shape index (κ3) is 6.74. The van der Waals surface area contributed by atoms with Gasteiger partial charge in [0.1, 0.15) is 5.75 Å². The van der Waals surface area contributed by atoms with Crippen molar-refractivity contribution in [3.63, 3.8) is 0 Å². The molecule has 28 heavy (non-hydrogen) atoms. The summed E-state index contributed by atoms with van der Waals surface area (Å²) in [5.74, 6) is -0.270. The number of aryl methyl sites for hydroxylation is 2. The topological polar surface area (TPSA) is 81.7 Å². The van der Waals surface area contributed by atoms with Crippen LogP contribution in [0.2, 0.25) is 0 Å². The normalized spacial score (nSPS) is 10.2. The first-order valence-corrected chi connectivity index (χ1v) is 9.82. The Hall–Kier alpha value is -2.80. The Balaban J connectivity index is 1.68. The zero-order valence-corrected chi connectivity index (χ0v) is 16.9. The van der Waals surface area contributed by atoms with E-state index in [1.807, 2.05) is 32.0 Å². The highest BCUT2D eigenvalue weighted by Crippen LogP contribution is 2.16. The molecule has 0 aliphatic rings. The molecule has 1 N–H and O–H groups in total. The average Bonchev–Trinajstić information content (AvgIpc) is 2.68. The van der Waals surface area contributed by atoms with Crippen LogP contribution in [-0.4, -0.2) is 42.9 Å². The van der Waals surface area contributed by atoms with Crippen molar-refractivity contribution >= 4 is 35.1 Å². The highest BCUT2D eigenvalue weighted by molar-refractivity contribution is 8.00. The van der Waals surface area contributed by atoms with Crippen molar-refractivity contribution in [1.82, 2.24) is 0 Å². The number of amides is 1. The standard InChI is InChI=1S/C21H23NO5S/c1-14-4-9-18(15(2)10-14)22-20(24)12-28-13-21(25)27-11-19(23)16-5-7-17(26-3)8-6-16/h4-10H,11-13H2,1-3H3,(H,22,24). The fourth-order valence-electron chi connectivity index (χ4n) is 2.42. The number of methoxy groups -OCH3 is 1. The summed E-state index contributed by atoms with van der Waals surface area (Å²) in [5, 5.41) is 2.82. The molecule has 2 aromatic carbocycles. The molecule has 0 saturated heterocycles. The van der Waals surface area contributed by atoms with E-state index >= 15 is 0 Å². The summed E-state index contributed by atoms with van der Waals surface area (Å²) in [6.07, 6.45) is 0. The number of hydrogen-bond donors (Lipinski definition) is 1. The van der Waals surface area contributed by atoms with Gasteiger partial charge in [-0.1, -0.05) is 17.7 Å². The van der Waals surface area contributed by atoms with Crippen LogP contribution in [0.15, 0.2) is 42.5 Å². The van der Waals surface area contributed by atoms with Crippen LogP contribution in [0.5, 0.6) is 5.75 Å². The minimum Gasteiger partial charge on any atom is -0.497 e. The SMILES string of the molecule is COc1ccc(C(=O)COC(=O)CSCC(=O)Nc2ccc(C)cc2C)cc1. The third-order valence-corrected chi connectivity index (χ3v) is 4.79. The number of thioether (sulfide) groups is 1. The molecule has 7 heteroatoms. The molecule has 0 spiro atoms. The molecule has 2 aromatic rings. The second-order valence-corrected chi connectivity index (χ2v) is 7.16. The molecule has 0 saturated carbocycles. The van der Waals surface area contributed by atoms with Crippen molar-refractivity contribution in [1.29, 1.82) is 0 Å². The number of carbonyl (C=O) groups excluding carboxylic acids is 3. The van der Waals surface area contributed by atoms with Crippen molar-refractivity contribution in [2.45, 2.75) is 13.8 Å². The Bertz CT molecular complexity index is 848. The summed E-state index contributed by atoms with van der Waals surface area (Å²) < 4.78 is 10.0. The molecule has 148 valence electrons. The number of anilines is 1. The van der Waals surface area contributed by atoms with Crippen molar-refractivity contribution in [3.8, 4) is 5.75 Å². The molecule has 0 unspecified atom stereocenters. The fraction of sp³-hybridized carbons (Fsp3) is 0.286. The first kappa shape index (κ1) is 21.5. The van der Waals surface area contributed by atoms with Gasteiger partial charge in [-0.25, -0.2) is 0 Å². The number of esters is 1. The van der Waals surface area contributed by atoms with Gasteiger partial charge in [-0.05, 0) is 49.7 Å². The second kappa shape index (κ2) is 10.5. The summed E-state index contributed by atoms with van der Waals surface area (Å²) >= 11 is 1.14. The number of carbonyl (C=O) groups is 3. The average molecular weight is 401 g/mol. The molecular weight excluding hydrogens is 378 g/mol. The van der Waals surface area contributed by atoms with E-state index in [0.717, 1.165) is 28.6 Å². The maximum atomic E-state index is 12.0. The molecule has 0 aliphatic heterocycles. The van der Waals surface area contributed by atoms with Crippen molar-refractivity contribution in [3.05, 3.63) is 59.2 Å². The van der Waals surface area contributed by atoms with Gasteiger partial charge >= 0.3 is 5.97 Å². The van der Waals surface area contributed by atoms with Gasteiger partial charge in [-0.2, -0.15) is 0 Å². The molecule has 2 rings (SSSR count). The molecule has 0 heterocycles. The van der Waals surface area contributed by atoms with E-state index in [1.54, 1.807) is 31.4 Å². The Labute approximate surface area is 168 Å². The number of ketones is 1. The number of benzene rings is 2. The lowest BCUT2D eigenvalue weighted by molar-refractivity contribution is -0.139. The Kier molecular flexibility index (Phi) is 8.07. The lowest BCUT2D eigenvalue weighted by Crippen LogP contribution is -2.18. The summed E-state index contributed by atoms with van der Waals surface area (Å²) in [4.78, 5) is 35.8. The maximum Gasteiger partial charge on any atom is 0.316 e. The molecule has 0 bridgehead atoms. The minimum atomic E-state index is -0.536. The van der Waals surface area contributed by atoms with Crippen LogP contribution in [0.1, 0.15) is 21.5 Å². The number of hydrogen-bond acceptors (Lipinski definition) is 6. The largest absolute Gasteiger partial charge is 0.497 e. The van der Waals surface area contributed by atoms with Gasteiger partial charge in [0.05, 0.1) is 18.6 Å². The highest BCUT2D eigenvalue weighted by Gasteiger charge is 2.12. The number of Topliss-reactive ketones (excluding diaryl/α,β-unsaturated/α-hetero) is 1. The summed E-state index contributed by atoms with van der Waals surface area (Å²) in [7, 11) is 1.54. The second-order valence-electron chi connectivity index (χ2n) is 6.17. The predicted molar refractivity (Wildman–Crippen MR) is 110 cm³/mol. The molecular formula is C21H23NO5S. The van der Waals surface area contributed by atoms with Crippen LogP contribution in [0.3, 0.4) is 0 Å². The summed E-state index contributed by atoms with van der Waals surface area (Å²) in [6, 6.07) is 12.3. The third-order valence-electron chi connectivity index (χ3n) is 3.89. The zero-order chi connectivity index (χ0) is 20.5. The van der Waals surface area contributed by atoms with Crippen molar-refractivity contribution in [2.75, 3.05) is 30.5 Å². The van der Waals surface area contributed by atoms with Crippen LogP contribution < -0.4 is 10.1 Å². The van der Waals surface area contributed by atoms with Crippen LogP contribution in [-0.2, 0) is 14.3 Å². The van der Waals surface area contributed by atoms with E-state index in [4.69, 9.17) is 9.47 Å². The van der Waals surface area contributed by atoms with E-state index in [-0.39, 0.29) is 29.8 Å². The first-order valence-electron chi connectivity index (χ1n) is 8.66. The van der Waals surface area contributed by atoms with Gasteiger partial charge in [-0.15, -0.1) is 11.8 Å². The predicted octanol–water partition coefficient (Wildman–Crippen LogP) is 3.41. The van der Waals surface area contributed by atoms with Gasteiger partial charge in [0.15, 0.2) is 12.4 Å². The first-order chi connectivity index (χ1) is 13.4. The lowest BCUT2D eigenvalue weighted by Gasteiger charge is -2.09. The van der Waals surface area contributed by atoms with Gasteiger partial charge in [0.25, 0.3) is 0 Å². The Morgan fingerprint density at radius 1 is 1.00 bits per heavy atom. The maximum absolute atomic E-state index is 12.0. The van der Waals surface area contributed by atoms with Gasteiger partial charge in [0, 0.05) is 11.3 Å². The number of ether oxygens (including phenoxy) is 2. The highest BCUT2D eigenvalue weighted by atomic mass is 32.2. The van der Waals surface area contributed by atoms with E-state index in [1.165, 1.54) is 0 Å². The fourth-order valence-corrected chi connectivity index (χ4v) is 3.02. The Morgan fingerprint density at radius 3 is 2.36 bits per heavy atom. The molecule has 0 aliphatic carbocycles. The molecule has 6 nitrogen and oxygen atoms in total. The Morgan fingerprint density at radius 2 is 1.71 bits per heavy atom. The molecule has 0 fully saturated rings. The minimum absolute atomic E-state index is 0.00378. The number of nitrogens with one attached hydrogen (secondary N) is 1. The van der Waals surface area contributed by atoms with Gasteiger partial charge in [0.2, 0.25) is 5.91 Å². The quantitative estimate of drug-likeness (QED) is 0.512. The van der Waals surface area contributed by atoms with Crippen LogP contribution in [0, 0.1) is 13.8 Å². The molecule has 1 amide bonds.